The Morgan fingerprint density at radius 1 is 1.04 bits per heavy atom. The van der Waals surface area contributed by atoms with Crippen LogP contribution in [0.25, 0.3) is 6.08 Å². The molecule has 3 amide bonds. The number of amides is 3. The number of carbonyl (C=O) groups excluding carboxylic acids is 3. The molecule has 2 aliphatic rings. The molecular formula is C31H27F3N4O8S. The van der Waals surface area contributed by atoms with E-state index in [0.29, 0.717) is 48.4 Å². The standard InChI is InChI=1S/C31H27F3N4O8S/c1-2-45-26-15-19(3-9-25(26)46-24-10-4-20(31(32,33)34)17-23(24)38(42)43)16-27-29(40)37(30(41)47-27)18-28(39)35-21-5-7-22(8-6-21)36-11-13-44-14-12-36/h3-10,15-17H,2,11-14,18H2,1H3,(H,35,39)/b27-16+. The van der Waals surface area contributed by atoms with Gasteiger partial charge in [-0.3, -0.25) is 29.4 Å². The average Bonchev–Trinajstić information content (AvgIpc) is 3.29. The fraction of sp³-hybridized carbons (Fsp3) is 0.258. The molecule has 0 saturated carbocycles. The second-order valence-electron chi connectivity index (χ2n) is 10.1. The number of hydrogen-bond donors (Lipinski definition) is 1. The van der Waals surface area contributed by atoms with Gasteiger partial charge in [0.2, 0.25) is 11.7 Å². The predicted molar refractivity (Wildman–Crippen MR) is 167 cm³/mol. The van der Waals surface area contributed by atoms with Gasteiger partial charge in [0.15, 0.2) is 11.5 Å². The number of nitro groups is 1. The van der Waals surface area contributed by atoms with Gasteiger partial charge in [-0.2, -0.15) is 13.2 Å². The van der Waals surface area contributed by atoms with Gasteiger partial charge in [-0.25, -0.2) is 0 Å². The summed E-state index contributed by atoms with van der Waals surface area (Å²) >= 11 is 0.641. The Bertz CT molecular complexity index is 1730. The van der Waals surface area contributed by atoms with Gasteiger partial charge in [0.05, 0.1) is 35.2 Å². The number of benzene rings is 3. The van der Waals surface area contributed by atoms with Gasteiger partial charge in [0, 0.05) is 30.5 Å². The number of hydrogen-bond acceptors (Lipinski definition) is 10. The van der Waals surface area contributed by atoms with Crippen LogP contribution in [0.1, 0.15) is 18.1 Å². The molecule has 0 aliphatic carbocycles. The third kappa shape index (κ3) is 8.01. The lowest BCUT2D eigenvalue weighted by atomic mass is 10.1. The van der Waals surface area contributed by atoms with Crippen LogP contribution < -0.4 is 19.7 Å². The summed E-state index contributed by atoms with van der Waals surface area (Å²) in [6.45, 7) is 4.08. The van der Waals surface area contributed by atoms with E-state index < -0.39 is 51.7 Å². The Morgan fingerprint density at radius 3 is 2.40 bits per heavy atom. The number of morpholine rings is 1. The number of anilines is 2. The highest BCUT2D eigenvalue weighted by Gasteiger charge is 2.37. The van der Waals surface area contributed by atoms with E-state index in [4.69, 9.17) is 14.2 Å². The quantitative estimate of drug-likeness (QED) is 0.148. The molecule has 0 bridgehead atoms. The summed E-state index contributed by atoms with van der Waals surface area (Å²) in [5.74, 6) is -1.64. The lowest BCUT2D eigenvalue weighted by molar-refractivity contribution is -0.385. The third-order valence-electron chi connectivity index (χ3n) is 6.97. The minimum absolute atomic E-state index is 0.0328. The Morgan fingerprint density at radius 2 is 1.74 bits per heavy atom. The van der Waals surface area contributed by atoms with Crippen molar-refractivity contribution >= 4 is 52.0 Å². The van der Waals surface area contributed by atoms with Crippen LogP contribution in [0.3, 0.4) is 0 Å². The third-order valence-corrected chi connectivity index (χ3v) is 7.88. The zero-order valence-electron chi connectivity index (χ0n) is 24.7. The van der Waals surface area contributed by atoms with Crippen LogP contribution in [0.2, 0.25) is 0 Å². The van der Waals surface area contributed by atoms with Crippen molar-refractivity contribution in [1.82, 2.24) is 4.90 Å². The van der Waals surface area contributed by atoms with Gasteiger partial charge in [0.25, 0.3) is 11.1 Å². The molecule has 1 N–H and O–H groups in total. The summed E-state index contributed by atoms with van der Waals surface area (Å²) in [7, 11) is 0. The van der Waals surface area contributed by atoms with E-state index in [0.717, 1.165) is 29.7 Å². The highest BCUT2D eigenvalue weighted by Crippen LogP contribution is 2.41. The second-order valence-corrected chi connectivity index (χ2v) is 11.1. The molecule has 0 aromatic heterocycles. The molecule has 246 valence electrons. The first kappa shape index (κ1) is 33.3. The number of nitrogens with one attached hydrogen (secondary N) is 1. The number of imide groups is 1. The number of thioether (sulfide) groups is 1. The summed E-state index contributed by atoms with van der Waals surface area (Å²) in [6.07, 6.45) is -3.39. The Labute approximate surface area is 270 Å². The first-order valence-electron chi connectivity index (χ1n) is 14.2. The Balaban J connectivity index is 1.27. The molecule has 12 nitrogen and oxygen atoms in total. The van der Waals surface area contributed by atoms with Crippen molar-refractivity contribution in [3.8, 4) is 17.2 Å². The Hall–Kier alpha value is -5.09. The van der Waals surface area contributed by atoms with E-state index in [1.807, 2.05) is 12.1 Å². The summed E-state index contributed by atoms with van der Waals surface area (Å²) in [5.41, 5.74) is -0.231. The number of rotatable bonds is 10. The van der Waals surface area contributed by atoms with Gasteiger partial charge in [-0.05, 0) is 78.9 Å². The summed E-state index contributed by atoms with van der Waals surface area (Å²) in [6, 6.07) is 13.3. The van der Waals surface area contributed by atoms with Crippen LogP contribution >= 0.6 is 11.8 Å². The van der Waals surface area contributed by atoms with Crippen molar-refractivity contribution in [2.24, 2.45) is 0 Å². The zero-order valence-corrected chi connectivity index (χ0v) is 25.6. The molecule has 0 unspecified atom stereocenters. The summed E-state index contributed by atoms with van der Waals surface area (Å²) in [4.78, 5) is 51.9. The molecule has 3 aromatic carbocycles. The number of ether oxygens (including phenoxy) is 3. The van der Waals surface area contributed by atoms with Crippen molar-refractivity contribution in [1.29, 1.82) is 0 Å². The zero-order chi connectivity index (χ0) is 33.7. The molecule has 3 aromatic rings. The van der Waals surface area contributed by atoms with E-state index in [1.165, 1.54) is 24.3 Å². The molecule has 0 spiro atoms. The molecule has 5 rings (SSSR count). The second kappa shape index (κ2) is 14.1. The minimum atomic E-state index is -4.79. The van der Waals surface area contributed by atoms with E-state index in [2.05, 4.69) is 10.2 Å². The molecule has 2 heterocycles. The van der Waals surface area contributed by atoms with Crippen LogP contribution in [0.4, 0.5) is 35.0 Å². The van der Waals surface area contributed by atoms with Gasteiger partial charge in [-0.15, -0.1) is 0 Å². The van der Waals surface area contributed by atoms with Crippen LogP contribution in [-0.2, 0) is 20.5 Å². The van der Waals surface area contributed by atoms with Gasteiger partial charge < -0.3 is 24.4 Å². The average molecular weight is 673 g/mol. The van der Waals surface area contributed by atoms with Crippen LogP contribution in [0.5, 0.6) is 17.2 Å². The fourth-order valence-electron chi connectivity index (χ4n) is 4.72. The van der Waals surface area contributed by atoms with E-state index in [1.54, 1.807) is 19.1 Å². The first-order chi connectivity index (χ1) is 22.4. The van der Waals surface area contributed by atoms with Gasteiger partial charge in [-0.1, -0.05) is 6.07 Å². The van der Waals surface area contributed by atoms with Crippen LogP contribution in [0.15, 0.2) is 65.6 Å². The van der Waals surface area contributed by atoms with Crippen molar-refractivity contribution in [2.75, 3.05) is 49.7 Å². The largest absolute Gasteiger partial charge is 0.490 e. The molecule has 0 radical (unpaired) electrons. The molecule has 2 aliphatic heterocycles. The Kier molecular flexibility index (Phi) is 10.0. The molecule has 2 fully saturated rings. The maximum Gasteiger partial charge on any atom is 0.416 e. The molecule has 0 atom stereocenters. The lowest BCUT2D eigenvalue weighted by Gasteiger charge is -2.28. The van der Waals surface area contributed by atoms with E-state index >= 15 is 0 Å². The summed E-state index contributed by atoms with van der Waals surface area (Å²) < 4.78 is 55.8. The monoisotopic (exact) mass is 672 g/mol. The topological polar surface area (TPSA) is 141 Å². The van der Waals surface area contributed by atoms with E-state index in [-0.39, 0.29) is 23.0 Å². The number of nitro benzene ring substituents is 1. The normalized spacial score (nSPS) is 16.0. The van der Waals surface area contributed by atoms with Crippen molar-refractivity contribution in [3.05, 3.63) is 86.8 Å². The number of alkyl halides is 3. The number of halogens is 3. The molecule has 16 heteroatoms. The van der Waals surface area contributed by atoms with Gasteiger partial charge >= 0.3 is 11.9 Å². The van der Waals surface area contributed by atoms with E-state index in [9.17, 15) is 37.7 Å². The smallest absolute Gasteiger partial charge is 0.416 e. The van der Waals surface area contributed by atoms with Crippen LogP contribution in [-0.4, -0.2) is 66.3 Å². The summed E-state index contributed by atoms with van der Waals surface area (Å²) in [5, 5.41) is 13.5. The van der Waals surface area contributed by atoms with Crippen molar-refractivity contribution < 1.29 is 46.7 Å². The van der Waals surface area contributed by atoms with Crippen LogP contribution in [0, 0.1) is 10.1 Å². The minimum Gasteiger partial charge on any atom is -0.490 e. The van der Waals surface area contributed by atoms with Gasteiger partial charge in [0.1, 0.15) is 6.54 Å². The maximum absolute atomic E-state index is 13.1. The SMILES string of the molecule is CCOc1cc(/C=C2/SC(=O)N(CC(=O)Nc3ccc(N4CCOCC4)cc3)C2=O)ccc1Oc1ccc(C(F)(F)F)cc1[N+](=O)[O-]. The molecule has 47 heavy (non-hydrogen) atoms. The number of carbonyl (C=O) groups is 3. The van der Waals surface area contributed by atoms with Crippen molar-refractivity contribution in [3.63, 3.8) is 0 Å². The first-order valence-corrected chi connectivity index (χ1v) is 15.0. The van der Waals surface area contributed by atoms with Crippen molar-refractivity contribution in [2.45, 2.75) is 13.1 Å². The number of nitrogens with zero attached hydrogens (tertiary/aromatic N) is 3. The maximum atomic E-state index is 13.1. The highest BCUT2D eigenvalue weighted by molar-refractivity contribution is 8.18. The lowest BCUT2D eigenvalue weighted by Crippen LogP contribution is -2.36. The fourth-order valence-corrected chi connectivity index (χ4v) is 5.56. The molecular weight excluding hydrogens is 645 g/mol. The highest BCUT2D eigenvalue weighted by atomic mass is 32.2. The predicted octanol–water partition coefficient (Wildman–Crippen LogP) is 6.32. The molecule has 2 saturated heterocycles.